The Bertz CT molecular complexity index is 1310. The molecule has 0 aliphatic carbocycles. The first-order chi connectivity index (χ1) is 15.2. The zero-order chi connectivity index (χ0) is 21.8. The fraction of sp³-hybridized carbons (Fsp3) is 0.280. The van der Waals surface area contributed by atoms with E-state index in [1.54, 1.807) is 4.40 Å². The highest BCUT2D eigenvalue weighted by Crippen LogP contribution is 2.25. The summed E-state index contributed by atoms with van der Waals surface area (Å²) in [5, 5.41) is 16.3. The quantitative estimate of drug-likeness (QED) is 0.487. The lowest BCUT2D eigenvalue weighted by Gasteiger charge is -2.13. The topological polar surface area (TPSA) is 86.8 Å². The summed E-state index contributed by atoms with van der Waals surface area (Å²) < 4.78 is 1.62. The molecule has 31 heavy (non-hydrogen) atoms. The van der Waals surface area contributed by atoms with Crippen LogP contribution in [0.1, 0.15) is 54.9 Å². The van der Waals surface area contributed by atoms with Crippen molar-refractivity contribution < 1.29 is 0 Å². The van der Waals surface area contributed by atoms with E-state index in [4.69, 9.17) is 4.98 Å². The molecule has 4 aromatic rings. The van der Waals surface area contributed by atoms with Gasteiger partial charge >= 0.3 is 5.69 Å². The molecule has 6 heteroatoms. The number of H-pyrrole nitrogens is 1. The zero-order valence-corrected chi connectivity index (χ0v) is 17.9. The van der Waals surface area contributed by atoms with E-state index in [-0.39, 0.29) is 5.69 Å². The lowest BCUT2D eigenvalue weighted by Crippen LogP contribution is -2.18. The van der Waals surface area contributed by atoms with Crippen molar-refractivity contribution >= 4 is 5.65 Å². The molecule has 0 atom stereocenters. The van der Waals surface area contributed by atoms with Gasteiger partial charge < -0.3 is 0 Å². The highest BCUT2D eigenvalue weighted by Gasteiger charge is 2.17. The number of nitrogens with zero attached hydrogens (tertiary/aromatic N) is 4. The summed E-state index contributed by atoms with van der Waals surface area (Å²) in [4.78, 5) is 17.3. The van der Waals surface area contributed by atoms with Crippen LogP contribution in [0, 0.1) is 11.3 Å². The van der Waals surface area contributed by atoms with Gasteiger partial charge in [-0.1, -0.05) is 62.7 Å². The predicted molar refractivity (Wildman–Crippen MR) is 121 cm³/mol. The summed E-state index contributed by atoms with van der Waals surface area (Å²) in [5.74, 6) is 0.770. The molecule has 0 spiro atoms. The van der Waals surface area contributed by atoms with E-state index in [1.807, 2.05) is 36.4 Å². The second kappa shape index (κ2) is 8.97. The molecule has 0 amide bonds. The number of nitrogens with one attached hydrogen (secondary N) is 1. The molecule has 1 N–H and O–H groups in total. The highest BCUT2D eigenvalue weighted by atomic mass is 16.1. The van der Waals surface area contributed by atoms with Crippen molar-refractivity contribution in [3.05, 3.63) is 87.2 Å². The second-order valence-electron chi connectivity index (χ2n) is 7.67. The fourth-order valence-corrected chi connectivity index (χ4v) is 4.00. The SMILES string of the molecule is CCCc1nc(CCC)n2c(=O)[nH]nc2c1Cc1ccc(-c2ccccc2C#N)cc1. The molecule has 0 fully saturated rings. The van der Waals surface area contributed by atoms with Gasteiger partial charge in [0.25, 0.3) is 0 Å². The fourth-order valence-electron chi connectivity index (χ4n) is 4.00. The lowest BCUT2D eigenvalue weighted by molar-refractivity contribution is 0.756. The molecule has 2 aromatic heterocycles. The van der Waals surface area contributed by atoms with Gasteiger partial charge in [0, 0.05) is 24.1 Å². The third-order valence-electron chi connectivity index (χ3n) is 5.47. The molecule has 2 aromatic carbocycles. The van der Waals surface area contributed by atoms with Gasteiger partial charge in [-0.25, -0.2) is 19.3 Å². The number of aromatic amines is 1. The Balaban J connectivity index is 1.75. The zero-order valence-electron chi connectivity index (χ0n) is 17.9. The van der Waals surface area contributed by atoms with E-state index >= 15 is 0 Å². The average Bonchev–Trinajstić information content (AvgIpc) is 3.19. The molecular formula is C25H25N5O. The van der Waals surface area contributed by atoms with Crippen molar-refractivity contribution in [3.63, 3.8) is 0 Å². The maximum absolute atomic E-state index is 12.4. The molecule has 6 nitrogen and oxygen atoms in total. The van der Waals surface area contributed by atoms with Crippen molar-refractivity contribution in [1.82, 2.24) is 19.6 Å². The number of benzene rings is 2. The van der Waals surface area contributed by atoms with Crippen LogP contribution in [-0.2, 0) is 19.3 Å². The van der Waals surface area contributed by atoms with Gasteiger partial charge in [-0.3, -0.25) is 0 Å². The van der Waals surface area contributed by atoms with Gasteiger partial charge in [-0.05, 0) is 35.6 Å². The lowest BCUT2D eigenvalue weighted by atomic mass is 9.97. The Morgan fingerprint density at radius 3 is 2.48 bits per heavy atom. The maximum Gasteiger partial charge on any atom is 0.349 e. The van der Waals surface area contributed by atoms with Crippen molar-refractivity contribution in [2.45, 2.75) is 46.0 Å². The van der Waals surface area contributed by atoms with Crippen molar-refractivity contribution in [3.8, 4) is 17.2 Å². The third kappa shape index (κ3) is 3.99. The van der Waals surface area contributed by atoms with E-state index in [1.165, 1.54) is 0 Å². The first kappa shape index (κ1) is 20.5. The monoisotopic (exact) mass is 411 g/mol. The molecule has 0 aliphatic heterocycles. The Morgan fingerprint density at radius 1 is 1.03 bits per heavy atom. The van der Waals surface area contributed by atoms with Crippen LogP contribution < -0.4 is 5.69 Å². The average molecular weight is 412 g/mol. The van der Waals surface area contributed by atoms with Crippen LogP contribution in [0.5, 0.6) is 0 Å². The van der Waals surface area contributed by atoms with Gasteiger partial charge in [-0.15, -0.1) is 0 Å². The molecule has 0 aliphatic rings. The van der Waals surface area contributed by atoms with Crippen molar-refractivity contribution in [2.75, 3.05) is 0 Å². The molecule has 0 bridgehead atoms. The number of hydrogen-bond acceptors (Lipinski definition) is 4. The Labute approximate surface area is 181 Å². The van der Waals surface area contributed by atoms with E-state index in [9.17, 15) is 10.1 Å². The second-order valence-corrected chi connectivity index (χ2v) is 7.67. The van der Waals surface area contributed by atoms with Gasteiger partial charge in [0.05, 0.1) is 11.6 Å². The first-order valence-electron chi connectivity index (χ1n) is 10.7. The van der Waals surface area contributed by atoms with E-state index in [0.29, 0.717) is 17.6 Å². The number of nitriles is 1. The summed E-state index contributed by atoms with van der Waals surface area (Å²) in [5.41, 5.74) is 6.14. The molecule has 0 radical (unpaired) electrons. The van der Waals surface area contributed by atoms with Crippen LogP contribution in [0.25, 0.3) is 16.8 Å². The van der Waals surface area contributed by atoms with Crippen LogP contribution in [0.2, 0.25) is 0 Å². The number of rotatable bonds is 7. The maximum atomic E-state index is 12.4. The number of fused-ring (bicyclic) bond motifs is 1. The summed E-state index contributed by atoms with van der Waals surface area (Å²) in [6, 6.07) is 18.1. The van der Waals surface area contributed by atoms with Gasteiger partial charge in [-0.2, -0.15) is 10.4 Å². The third-order valence-corrected chi connectivity index (χ3v) is 5.47. The van der Waals surface area contributed by atoms with Crippen LogP contribution in [0.15, 0.2) is 53.3 Å². The number of hydrogen-bond donors (Lipinski definition) is 1. The van der Waals surface area contributed by atoms with Crippen LogP contribution in [0.4, 0.5) is 0 Å². The normalized spacial score (nSPS) is 11.0. The molecule has 0 saturated carbocycles. The molecule has 4 rings (SSSR count). The number of aromatic nitrogens is 4. The molecule has 0 saturated heterocycles. The molecule has 156 valence electrons. The number of aryl methyl sites for hydroxylation is 2. The van der Waals surface area contributed by atoms with Crippen LogP contribution in [0.3, 0.4) is 0 Å². The van der Waals surface area contributed by atoms with Gasteiger partial charge in [0.2, 0.25) is 0 Å². The van der Waals surface area contributed by atoms with Crippen LogP contribution in [-0.4, -0.2) is 19.6 Å². The predicted octanol–water partition coefficient (Wildman–Crippen LogP) is 4.45. The summed E-state index contributed by atoms with van der Waals surface area (Å²) in [6.07, 6.45) is 4.11. The standard InChI is InChI=1S/C25H25N5O/c1-3-7-22-21(24-28-29-25(31)30(24)23(27-22)8-4-2)15-17-11-13-18(14-12-17)20-10-6-5-9-19(20)16-26/h5-6,9-14H,3-4,7-8,15H2,1-2H3,(H,29,31). The molecule has 0 unspecified atom stereocenters. The largest absolute Gasteiger partial charge is 0.349 e. The van der Waals surface area contributed by atoms with Gasteiger partial charge in [0.15, 0.2) is 5.65 Å². The Morgan fingerprint density at radius 2 is 1.77 bits per heavy atom. The van der Waals surface area contributed by atoms with Crippen molar-refractivity contribution in [1.29, 1.82) is 5.26 Å². The summed E-state index contributed by atoms with van der Waals surface area (Å²) in [7, 11) is 0. The highest BCUT2D eigenvalue weighted by molar-refractivity contribution is 5.70. The summed E-state index contributed by atoms with van der Waals surface area (Å²) in [6.45, 7) is 4.21. The van der Waals surface area contributed by atoms with Crippen LogP contribution >= 0.6 is 0 Å². The van der Waals surface area contributed by atoms with E-state index in [2.05, 4.69) is 42.2 Å². The summed E-state index contributed by atoms with van der Waals surface area (Å²) >= 11 is 0. The smallest absolute Gasteiger partial charge is 0.246 e. The van der Waals surface area contributed by atoms with E-state index < -0.39 is 0 Å². The Hall–Kier alpha value is -3.72. The van der Waals surface area contributed by atoms with E-state index in [0.717, 1.165) is 59.5 Å². The first-order valence-corrected chi connectivity index (χ1v) is 10.7. The minimum atomic E-state index is -0.237. The minimum absolute atomic E-state index is 0.237. The molecule has 2 heterocycles. The van der Waals surface area contributed by atoms with Gasteiger partial charge in [0.1, 0.15) is 5.82 Å². The molecular weight excluding hydrogens is 386 g/mol. The van der Waals surface area contributed by atoms with Crippen molar-refractivity contribution in [2.24, 2.45) is 0 Å². The minimum Gasteiger partial charge on any atom is -0.246 e. The Kier molecular flexibility index (Phi) is 5.94.